The van der Waals surface area contributed by atoms with Crippen molar-refractivity contribution in [1.82, 2.24) is 4.90 Å². The number of hydrogen-bond acceptors (Lipinski definition) is 6. The average molecular weight is 402 g/mol. The van der Waals surface area contributed by atoms with Crippen LogP contribution in [-0.4, -0.2) is 43.6 Å². The average Bonchev–Trinajstić information content (AvgIpc) is 3.14. The van der Waals surface area contributed by atoms with Gasteiger partial charge in [-0.15, -0.1) is 0 Å². The Labute approximate surface area is 168 Å². The van der Waals surface area contributed by atoms with Crippen LogP contribution in [0.3, 0.4) is 0 Å². The minimum absolute atomic E-state index is 0.0755. The third-order valence-electron chi connectivity index (χ3n) is 4.60. The third kappa shape index (κ3) is 4.83. The summed E-state index contributed by atoms with van der Waals surface area (Å²) in [6, 6.07) is 7.87. The second kappa shape index (κ2) is 8.91. The zero-order valence-corrected chi connectivity index (χ0v) is 16.6. The second-order valence-corrected chi connectivity index (χ2v) is 6.63. The summed E-state index contributed by atoms with van der Waals surface area (Å²) in [5.41, 5.74) is 1.45. The minimum atomic E-state index is -0.447. The molecule has 0 spiro atoms. The Morgan fingerprint density at radius 1 is 1.21 bits per heavy atom. The van der Waals surface area contributed by atoms with Crippen molar-refractivity contribution in [2.75, 3.05) is 32.3 Å². The van der Waals surface area contributed by atoms with E-state index >= 15 is 0 Å². The number of ketones is 1. The summed E-state index contributed by atoms with van der Waals surface area (Å²) in [5.74, 6) is 0.198. The molecule has 0 radical (unpaired) electrons. The van der Waals surface area contributed by atoms with Gasteiger partial charge in [0.1, 0.15) is 0 Å². The standard InChI is InChI=1S/C21H23FN2O5/c1-4-24(10-14-5-6-18(27-3)16(22)7-14)11-21(26)23-17-9-20-19(28-12-29-20)8-15(17)13(2)25/h5-9H,4,10-12H2,1-3H3,(H,23,26). The van der Waals surface area contributed by atoms with Gasteiger partial charge in [0.25, 0.3) is 0 Å². The molecule has 2 aromatic rings. The Balaban J connectivity index is 1.69. The predicted octanol–water partition coefficient (Wildman–Crippen LogP) is 3.23. The number of ether oxygens (including phenoxy) is 3. The van der Waals surface area contributed by atoms with Crippen LogP contribution >= 0.6 is 0 Å². The molecule has 0 fully saturated rings. The topological polar surface area (TPSA) is 77.1 Å². The molecule has 0 aliphatic carbocycles. The van der Waals surface area contributed by atoms with E-state index in [1.54, 1.807) is 24.3 Å². The normalized spacial score (nSPS) is 12.2. The van der Waals surface area contributed by atoms with Gasteiger partial charge in [0, 0.05) is 18.2 Å². The molecule has 1 amide bonds. The van der Waals surface area contributed by atoms with Crippen LogP contribution in [0, 0.1) is 5.82 Å². The van der Waals surface area contributed by atoms with Crippen LogP contribution in [0.1, 0.15) is 29.8 Å². The van der Waals surface area contributed by atoms with E-state index in [4.69, 9.17) is 14.2 Å². The van der Waals surface area contributed by atoms with Gasteiger partial charge < -0.3 is 19.5 Å². The van der Waals surface area contributed by atoms with Crippen molar-refractivity contribution >= 4 is 17.4 Å². The van der Waals surface area contributed by atoms with Crippen molar-refractivity contribution in [3.05, 3.63) is 47.3 Å². The highest BCUT2D eigenvalue weighted by molar-refractivity contribution is 6.05. The highest BCUT2D eigenvalue weighted by Gasteiger charge is 2.21. The quantitative estimate of drug-likeness (QED) is 0.684. The summed E-state index contributed by atoms with van der Waals surface area (Å²) >= 11 is 0. The van der Waals surface area contributed by atoms with E-state index in [1.165, 1.54) is 20.1 Å². The number of fused-ring (bicyclic) bond motifs is 1. The van der Waals surface area contributed by atoms with Gasteiger partial charge in [0.15, 0.2) is 28.8 Å². The van der Waals surface area contributed by atoms with E-state index in [0.717, 1.165) is 5.56 Å². The number of anilines is 1. The highest BCUT2D eigenvalue weighted by Crippen LogP contribution is 2.37. The maximum absolute atomic E-state index is 13.9. The monoisotopic (exact) mass is 402 g/mol. The van der Waals surface area contributed by atoms with E-state index in [-0.39, 0.29) is 30.8 Å². The predicted molar refractivity (Wildman–Crippen MR) is 105 cm³/mol. The van der Waals surface area contributed by atoms with Crippen LogP contribution in [0.25, 0.3) is 0 Å². The van der Waals surface area contributed by atoms with Crippen molar-refractivity contribution < 1.29 is 28.2 Å². The van der Waals surface area contributed by atoms with E-state index in [9.17, 15) is 14.0 Å². The maximum Gasteiger partial charge on any atom is 0.238 e. The third-order valence-corrected chi connectivity index (χ3v) is 4.60. The highest BCUT2D eigenvalue weighted by atomic mass is 19.1. The number of carbonyl (C=O) groups is 2. The maximum atomic E-state index is 13.9. The molecule has 0 saturated carbocycles. The van der Waals surface area contributed by atoms with Gasteiger partial charge in [-0.05, 0) is 37.2 Å². The fourth-order valence-electron chi connectivity index (χ4n) is 3.08. The molecule has 1 aliphatic rings. The number of amides is 1. The number of likely N-dealkylation sites (N-methyl/N-ethyl adjacent to an activating group) is 1. The molecule has 1 aliphatic heterocycles. The van der Waals surface area contributed by atoms with Crippen molar-refractivity contribution in [2.45, 2.75) is 20.4 Å². The molecule has 29 heavy (non-hydrogen) atoms. The summed E-state index contributed by atoms with van der Waals surface area (Å²) in [5, 5.41) is 2.77. The molecule has 0 saturated heterocycles. The first-order chi connectivity index (χ1) is 13.9. The van der Waals surface area contributed by atoms with Crippen molar-refractivity contribution in [2.24, 2.45) is 0 Å². The van der Waals surface area contributed by atoms with Gasteiger partial charge in [-0.25, -0.2) is 4.39 Å². The molecule has 3 rings (SSSR count). The van der Waals surface area contributed by atoms with E-state index in [0.29, 0.717) is 35.8 Å². The molecule has 1 heterocycles. The number of carbonyl (C=O) groups excluding carboxylic acids is 2. The minimum Gasteiger partial charge on any atom is -0.494 e. The Hall–Kier alpha value is -3.13. The molecule has 1 N–H and O–H groups in total. The number of nitrogens with one attached hydrogen (secondary N) is 1. The fraction of sp³-hybridized carbons (Fsp3) is 0.333. The number of benzene rings is 2. The van der Waals surface area contributed by atoms with Crippen LogP contribution in [0.15, 0.2) is 30.3 Å². The number of Topliss-reactive ketones (excluding diaryl/α,β-unsaturated/α-hetero) is 1. The summed E-state index contributed by atoms with van der Waals surface area (Å²) in [6.07, 6.45) is 0. The smallest absolute Gasteiger partial charge is 0.238 e. The Morgan fingerprint density at radius 2 is 1.93 bits per heavy atom. The number of halogens is 1. The van der Waals surface area contributed by atoms with E-state index in [2.05, 4.69) is 5.32 Å². The molecule has 0 bridgehead atoms. The molecule has 0 atom stereocenters. The number of hydrogen-bond donors (Lipinski definition) is 1. The molecular weight excluding hydrogens is 379 g/mol. The second-order valence-electron chi connectivity index (χ2n) is 6.63. The van der Waals surface area contributed by atoms with Crippen LogP contribution in [0.5, 0.6) is 17.2 Å². The molecule has 7 nitrogen and oxygen atoms in total. The van der Waals surface area contributed by atoms with Crippen LogP contribution < -0.4 is 19.5 Å². The van der Waals surface area contributed by atoms with Crippen LogP contribution in [0.4, 0.5) is 10.1 Å². The lowest BCUT2D eigenvalue weighted by molar-refractivity contribution is -0.117. The molecule has 8 heteroatoms. The van der Waals surface area contributed by atoms with E-state index in [1.807, 2.05) is 11.8 Å². The number of nitrogens with zero attached hydrogens (tertiary/aromatic N) is 1. The summed E-state index contributed by atoms with van der Waals surface area (Å²) in [6.45, 7) is 4.47. The lowest BCUT2D eigenvalue weighted by Gasteiger charge is -2.20. The zero-order chi connectivity index (χ0) is 21.0. The first-order valence-corrected chi connectivity index (χ1v) is 9.20. The molecular formula is C21H23FN2O5. The van der Waals surface area contributed by atoms with Gasteiger partial charge in [-0.2, -0.15) is 0 Å². The number of rotatable bonds is 8. The zero-order valence-electron chi connectivity index (χ0n) is 16.6. The Morgan fingerprint density at radius 3 is 2.55 bits per heavy atom. The lowest BCUT2D eigenvalue weighted by atomic mass is 10.1. The Kier molecular flexibility index (Phi) is 6.33. The largest absolute Gasteiger partial charge is 0.494 e. The van der Waals surface area contributed by atoms with Crippen molar-refractivity contribution in [3.8, 4) is 17.2 Å². The van der Waals surface area contributed by atoms with Gasteiger partial charge in [0.2, 0.25) is 12.7 Å². The van der Waals surface area contributed by atoms with Gasteiger partial charge in [-0.1, -0.05) is 13.0 Å². The summed E-state index contributed by atoms with van der Waals surface area (Å²) in [7, 11) is 1.41. The SMILES string of the molecule is CCN(CC(=O)Nc1cc2c(cc1C(C)=O)OCO2)Cc1ccc(OC)c(F)c1. The molecule has 0 aromatic heterocycles. The molecule has 2 aromatic carbocycles. The summed E-state index contributed by atoms with van der Waals surface area (Å²) in [4.78, 5) is 26.4. The van der Waals surface area contributed by atoms with Crippen molar-refractivity contribution in [3.63, 3.8) is 0 Å². The summed E-state index contributed by atoms with van der Waals surface area (Å²) < 4.78 is 29.4. The Bertz CT molecular complexity index is 932. The van der Waals surface area contributed by atoms with Gasteiger partial charge in [-0.3, -0.25) is 14.5 Å². The lowest BCUT2D eigenvalue weighted by Crippen LogP contribution is -2.33. The van der Waals surface area contributed by atoms with Gasteiger partial charge in [0.05, 0.1) is 19.3 Å². The van der Waals surface area contributed by atoms with E-state index < -0.39 is 5.82 Å². The van der Waals surface area contributed by atoms with Gasteiger partial charge >= 0.3 is 0 Å². The fourth-order valence-corrected chi connectivity index (χ4v) is 3.08. The number of methoxy groups -OCH3 is 1. The van der Waals surface area contributed by atoms with Crippen LogP contribution in [-0.2, 0) is 11.3 Å². The first-order valence-electron chi connectivity index (χ1n) is 9.20. The van der Waals surface area contributed by atoms with Crippen LogP contribution in [0.2, 0.25) is 0 Å². The first kappa shape index (κ1) is 20.6. The van der Waals surface area contributed by atoms with Crippen molar-refractivity contribution in [1.29, 1.82) is 0 Å². The molecule has 0 unspecified atom stereocenters. The molecule has 154 valence electrons.